The summed E-state index contributed by atoms with van der Waals surface area (Å²) in [5, 5.41) is 3.53. The normalized spacial score (nSPS) is 17.2. The Bertz CT molecular complexity index is 452. The first-order valence-electron chi connectivity index (χ1n) is 7.29. The minimum atomic E-state index is -0.289. The van der Waals surface area contributed by atoms with Gasteiger partial charge in [0.2, 0.25) is 0 Å². The molecule has 0 saturated carbocycles. The molecule has 1 heterocycles. The van der Waals surface area contributed by atoms with E-state index in [2.05, 4.69) is 24.1 Å². The Morgan fingerprint density at radius 1 is 1.35 bits per heavy atom. The van der Waals surface area contributed by atoms with Gasteiger partial charge in [-0.25, -0.2) is 4.79 Å². The molecule has 1 aromatic carbocycles. The van der Waals surface area contributed by atoms with Gasteiger partial charge in [-0.1, -0.05) is 6.07 Å². The number of benzene rings is 1. The Morgan fingerprint density at radius 2 is 2.05 bits per heavy atom. The largest absolute Gasteiger partial charge is 0.465 e. The van der Waals surface area contributed by atoms with Crippen molar-refractivity contribution in [3.05, 3.63) is 29.8 Å². The van der Waals surface area contributed by atoms with Crippen molar-refractivity contribution >= 4 is 11.7 Å². The zero-order valence-electron chi connectivity index (χ0n) is 12.6. The maximum atomic E-state index is 11.5. The quantitative estimate of drug-likeness (QED) is 0.859. The number of methoxy groups -OCH3 is 1. The first-order valence-corrected chi connectivity index (χ1v) is 7.29. The first-order chi connectivity index (χ1) is 9.60. The molecule has 1 aromatic rings. The molecule has 1 aliphatic rings. The van der Waals surface area contributed by atoms with Crippen LogP contribution in [-0.4, -0.2) is 43.2 Å². The molecule has 0 unspecified atom stereocenters. The van der Waals surface area contributed by atoms with Crippen LogP contribution in [-0.2, 0) is 4.74 Å². The molecule has 1 N–H and O–H groups in total. The van der Waals surface area contributed by atoms with Gasteiger partial charge in [-0.15, -0.1) is 0 Å². The highest BCUT2D eigenvalue weighted by molar-refractivity contribution is 5.90. The van der Waals surface area contributed by atoms with Gasteiger partial charge in [0.15, 0.2) is 0 Å². The van der Waals surface area contributed by atoms with Gasteiger partial charge in [0.1, 0.15) is 0 Å². The second-order valence-corrected chi connectivity index (χ2v) is 5.62. The van der Waals surface area contributed by atoms with Crippen molar-refractivity contribution < 1.29 is 9.53 Å². The number of hydrogen-bond donors (Lipinski definition) is 1. The van der Waals surface area contributed by atoms with Gasteiger partial charge in [0, 0.05) is 30.9 Å². The highest BCUT2D eigenvalue weighted by atomic mass is 16.5. The molecule has 1 aliphatic heterocycles. The molecule has 20 heavy (non-hydrogen) atoms. The molecular formula is C16H24N2O2. The Kier molecular flexibility index (Phi) is 5.01. The van der Waals surface area contributed by atoms with Crippen molar-refractivity contribution in [3.63, 3.8) is 0 Å². The molecule has 4 heteroatoms. The highest BCUT2D eigenvalue weighted by Crippen LogP contribution is 2.19. The maximum Gasteiger partial charge on any atom is 0.337 e. The fraction of sp³-hybridized carbons (Fsp3) is 0.562. The van der Waals surface area contributed by atoms with E-state index < -0.39 is 0 Å². The average molecular weight is 276 g/mol. The smallest absolute Gasteiger partial charge is 0.337 e. The molecule has 4 nitrogen and oxygen atoms in total. The Balaban J connectivity index is 1.93. The van der Waals surface area contributed by atoms with Crippen LogP contribution in [0.15, 0.2) is 24.3 Å². The van der Waals surface area contributed by atoms with Crippen molar-refractivity contribution in [2.75, 3.05) is 25.5 Å². The molecule has 0 atom stereocenters. The molecule has 2 rings (SSSR count). The van der Waals surface area contributed by atoms with Gasteiger partial charge >= 0.3 is 5.97 Å². The van der Waals surface area contributed by atoms with E-state index in [9.17, 15) is 4.79 Å². The van der Waals surface area contributed by atoms with Crippen molar-refractivity contribution in [1.82, 2.24) is 4.90 Å². The van der Waals surface area contributed by atoms with Crippen LogP contribution < -0.4 is 5.32 Å². The third kappa shape index (κ3) is 3.73. The number of piperidine rings is 1. The summed E-state index contributed by atoms with van der Waals surface area (Å²) in [5.41, 5.74) is 1.59. The van der Waals surface area contributed by atoms with Gasteiger partial charge in [0.05, 0.1) is 12.7 Å². The van der Waals surface area contributed by atoms with Gasteiger partial charge in [-0.2, -0.15) is 0 Å². The highest BCUT2D eigenvalue weighted by Gasteiger charge is 2.20. The number of carbonyl (C=O) groups excluding carboxylic acids is 1. The van der Waals surface area contributed by atoms with E-state index in [4.69, 9.17) is 4.74 Å². The monoisotopic (exact) mass is 276 g/mol. The van der Waals surface area contributed by atoms with E-state index in [0.29, 0.717) is 17.6 Å². The number of esters is 1. The van der Waals surface area contributed by atoms with Crippen LogP contribution in [0.5, 0.6) is 0 Å². The number of anilines is 1. The summed E-state index contributed by atoms with van der Waals surface area (Å²) in [6.45, 7) is 6.75. The zero-order chi connectivity index (χ0) is 14.5. The SMILES string of the molecule is COC(=O)c1cccc(NC2CCN(C(C)C)CC2)c1. The van der Waals surface area contributed by atoms with Crippen molar-refractivity contribution in [2.24, 2.45) is 0 Å². The molecule has 0 aromatic heterocycles. The summed E-state index contributed by atoms with van der Waals surface area (Å²) in [6, 6.07) is 8.63. The van der Waals surface area contributed by atoms with E-state index in [1.54, 1.807) is 6.07 Å². The third-order valence-corrected chi connectivity index (χ3v) is 3.91. The third-order valence-electron chi connectivity index (χ3n) is 3.91. The van der Waals surface area contributed by atoms with Crippen LogP contribution in [0.25, 0.3) is 0 Å². The fourth-order valence-corrected chi connectivity index (χ4v) is 2.65. The van der Waals surface area contributed by atoms with Gasteiger partial charge < -0.3 is 15.0 Å². The predicted molar refractivity (Wildman–Crippen MR) is 81.1 cm³/mol. The summed E-state index contributed by atoms with van der Waals surface area (Å²) in [6.07, 6.45) is 2.28. The summed E-state index contributed by atoms with van der Waals surface area (Å²) in [7, 11) is 1.41. The Labute approximate surface area is 121 Å². The van der Waals surface area contributed by atoms with Crippen LogP contribution in [0.2, 0.25) is 0 Å². The summed E-state index contributed by atoms with van der Waals surface area (Å²) >= 11 is 0. The minimum Gasteiger partial charge on any atom is -0.465 e. The number of carbonyl (C=O) groups is 1. The topological polar surface area (TPSA) is 41.6 Å². The van der Waals surface area contributed by atoms with Gasteiger partial charge in [0.25, 0.3) is 0 Å². The standard InChI is InChI=1S/C16H24N2O2/c1-12(2)18-9-7-14(8-10-18)17-15-6-4-5-13(11-15)16(19)20-3/h4-6,11-12,14,17H,7-10H2,1-3H3. The minimum absolute atomic E-state index is 0.289. The molecule has 0 bridgehead atoms. The van der Waals surface area contributed by atoms with Crippen LogP contribution in [0, 0.1) is 0 Å². The molecular weight excluding hydrogens is 252 g/mol. The average Bonchev–Trinajstić information content (AvgIpc) is 2.47. The van der Waals surface area contributed by atoms with Crippen molar-refractivity contribution in [3.8, 4) is 0 Å². The first kappa shape index (κ1) is 14.9. The maximum absolute atomic E-state index is 11.5. The summed E-state index contributed by atoms with van der Waals surface area (Å²) in [5.74, 6) is -0.289. The lowest BCUT2D eigenvalue weighted by molar-refractivity contribution is 0.0601. The molecule has 0 radical (unpaired) electrons. The second kappa shape index (κ2) is 6.75. The van der Waals surface area contributed by atoms with Crippen molar-refractivity contribution in [2.45, 2.75) is 38.8 Å². The fourth-order valence-electron chi connectivity index (χ4n) is 2.65. The molecule has 0 spiro atoms. The number of rotatable bonds is 4. The molecule has 110 valence electrons. The van der Waals surface area contributed by atoms with Crippen LogP contribution in [0.1, 0.15) is 37.0 Å². The molecule has 1 fully saturated rings. The zero-order valence-corrected chi connectivity index (χ0v) is 12.6. The number of nitrogens with zero attached hydrogens (tertiary/aromatic N) is 1. The summed E-state index contributed by atoms with van der Waals surface area (Å²) < 4.78 is 4.75. The van der Waals surface area contributed by atoms with E-state index >= 15 is 0 Å². The summed E-state index contributed by atoms with van der Waals surface area (Å²) in [4.78, 5) is 14.0. The number of ether oxygens (including phenoxy) is 1. The Morgan fingerprint density at radius 3 is 2.65 bits per heavy atom. The number of nitrogens with one attached hydrogen (secondary N) is 1. The van der Waals surface area contributed by atoms with Gasteiger partial charge in [-0.3, -0.25) is 0 Å². The van der Waals surface area contributed by atoms with Crippen LogP contribution in [0.3, 0.4) is 0 Å². The number of hydrogen-bond acceptors (Lipinski definition) is 4. The molecule has 0 amide bonds. The Hall–Kier alpha value is -1.55. The van der Waals surface area contributed by atoms with E-state index in [0.717, 1.165) is 31.6 Å². The predicted octanol–water partition coefficient (Wildman–Crippen LogP) is 2.76. The van der Waals surface area contributed by atoms with Crippen molar-refractivity contribution in [1.29, 1.82) is 0 Å². The lowest BCUT2D eigenvalue weighted by Gasteiger charge is -2.35. The van der Waals surface area contributed by atoms with Crippen LogP contribution >= 0.6 is 0 Å². The molecule has 1 saturated heterocycles. The van der Waals surface area contributed by atoms with E-state index in [1.807, 2.05) is 18.2 Å². The molecule has 0 aliphatic carbocycles. The van der Waals surface area contributed by atoms with E-state index in [1.165, 1.54) is 7.11 Å². The lowest BCUT2D eigenvalue weighted by Crippen LogP contribution is -2.42. The lowest BCUT2D eigenvalue weighted by atomic mass is 10.0. The van der Waals surface area contributed by atoms with Gasteiger partial charge in [-0.05, 0) is 44.9 Å². The van der Waals surface area contributed by atoms with E-state index in [-0.39, 0.29) is 5.97 Å². The number of likely N-dealkylation sites (tertiary alicyclic amines) is 1. The van der Waals surface area contributed by atoms with Crippen LogP contribution in [0.4, 0.5) is 5.69 Å². The second-order valence-electron chi connectivity index (χ2n) is 5.62.